The average Bonchev–Trinajstić information content (AvgIpc) is 2.35. The molecule has 0 bridgehead atoms. The van der Waals surface area contributed by atoms with Gasteiger partial charge in [0.05, 0.1) is 6.10 Å². The van der Waals surface area contributed by atoms with Gasteiger partial charge in [-0.25, -0.2) is 9.52 Å². The number of amides is 1. The topological polar surface area (TPSA) is 111 Å². The zero-order valence-electron chi connectivity index (χ0n) is 11.6. The number of rotatable bonds is 6. The second-order valence-electron chi connectivity index (χ2n) is 4.44. The Morgan fingerprint density at radius 3 is 2.38 bits per heavy atom. The Balaban J connectivity index is 2.57. The van der Waals surface area contributed by atoms with E-state index in [9.17, 15) is 13.2 Å². The molecule has 0 aromatic heterocycles. The highest BCUT2D eigenvalue weighted by atomic mass is 32.2. The first kappa shape index (κ1) is 17.3. The van der Waals surface area contributed by atoms with Crippen molar-refractivity contribution in [2.45, 2.75) is 26.5 Å². The van der Waals surface area contributed by atoms with Crippen molar-refractivity contribution >= 4 is 33.5 Å². The largest absolute Gasteiger partial charge is 0.446 e. The van der Waals surface area contributed by atoms with Gasteiger partial charge in [0.2, 0.25) is 0 Å². The number of ether oxygens (including phenoxy) is 1. The van der Waals surface area contributed by atoms with Crippen molar-refractivity contribution in [3.05, 3.63) is 35.4 Å². The molecule has 0 aliphatic rings. The number of carbonyl (C=O) groups is 1. The minimum absolute atomic E-state index is 0.0158. The molecule has 21 heavy (non-hydrogen) atoms. The summed E-state index contributed by atoms with van der Waals surface area (Å²) in [6, 6.07) is 6.74. The normalized spacial score (nSPS) is 11.2. The Morgan fingerprint density at radius 1 is 1.33 bits per heavy atom. The smallest absolute Gasteiger partial charge is 0.422 e. The van der Waals surface area contributed by atoms with E-state index in [4.69, 9.17) is 18.0 Å². The van der Waals surface area contributed by atoms with Gasteiger partial charge in [-0.15, -0.1) is 0 Å². The van der Waals surface area contributed by atoms with E-state index in [0.29, 0.717) is 11.1 Å². The molecule has 1 aromatic carbocycles. The maximum absolute atomic E-state index is 11.6. The van der Waals surface area contributed by atoms with E-state index in [2.05, 4.69) is 9.46 Å². The number of thiocarbonyl (C=S) groups is 1. The minimum Gasteiger partial charge on any atom is -0.446 e. The van der Waals surface area contributed by atoms with Gasteiger partial charge in [0.25, 0.3) is 0 Å². The molecular formula is C12H17N3O4S2. The van der Waals surface area contributed by atoms with Crippen molar-refractivity contribution < 1.29 is 17.9 Å². The van der Waals surface area contributed by atoms with Crippen molar-refractivity contribution in [3.63, 3.8) is 0 Å². The van der Waals surface area contributed by atoms with Gasteiger partial charge in [0, 0.05) is 12.1 Å². The van der Waals surface area contributed by atoms with Crippen LogP contribution in [0.25, 0.3) is 0 Å². The molecule has 116 valence electrons. The first-order valence-electron chi connectivity index (χ1n) is 6.06. The van der Waals surface area contributed by atoms with Crippen molar-refractivity contribution in [1.82, 2.24) is 9.44 Å². The van der Waals surface area contributed by atoms with Crippen LogP contribution in [0.3, 0.4) is 0 Å². The SMILES string of the molecule is CC(C)OC(=O)NS(=O)(=O)NCc1ccc(C(N)=S)cc1. The van der Waals surface area contributed by atoms with Crippen LogP contribution in [0.4, 0.5) is 4.79 Å². The fourth-order valence-corrected chi connectivity index (χ4v) is 2.18. The van der Waals surface area contributed by atoms with Crippen molar-refractivity contribution in [2.24, 2.45) is 5.73 Å². The molecule has 0 saturated heterocycles. The van der Waals surface area contributed by atoms with Gasteiger partial charge >= 0.3 is 16.3 Å². The molecule has 0 atom stereocenters. The van der Waals surface area contributed by atoms with Crippen LogP contribution in [0.5, 0.6) is 0 Å². The molecule has 0 unspecified atom stereocenters. The first-order valence-corrected chi connectivity index (χ1v) is 7.95. The lowest BCUT2D eigenvalue weighted by Gasteiger charge is -2.11. The van der Waals surface area contributed by atoms with Crippen LogP contribution >= 0.6 is 12.2 Å². The van der Waals surface area contributed by atoms with Gasteiger partial charge < -0.3 is 10.5 Å². The van der Waals surface area contributed by atoms with Gasteiger partial charge in [0.1, 0.15) is 4.99 Å². The summed E-state index contributed by atoms with van der Waals surface area (Å²) in [7, 11) is -3.98. The highest BCUT2D eigenvalue weighted by molar-refractivity contribution is 7.88. The molecule has 1 amide bonds. The highest BCUT2D eigenvalue weighted by Crippen LogP contribution is 2.04. The lowest BCUT2D eigenvalue weighted by molar-refractivity contribution is 0.121. The second kappa shape index (κ2) is 7.34. The van der Waals surface area contributed by atoms with Crippen molar-refractivity contribution in [1.29, 1.82) is 0 Å². The summed E-state index contributed by atoms with van der Waals surface area (Å²) in [6.45, 7) is 3.24. The van der Waals surface area contributed by atoms with E-state index in [0.717, 1.165) is 0 Å². The number of nitrogens with one attached hydrogen (secondary N) is 2. The maximum atomic E-state index is 11.6. The van der Waals surface area contributed by atoms with Crippen LogP contribution in [0, 0.1) is 0 Å². The summed E-state index contributed by atoms with van der Waals surface area (Å²) in [5, 5.41) is 0. The van der Waals surface area contributed by atoms with Gasteiger partial charge in [-0.2, -0.15) is 13.1 Å². The predicted octanol–water partition coefficient (Wildman–Crippen LogP) is 0.790. The van der Waals surface area contributed by atoms with E-state index >= 15 is 0 Å². The van der Waals surface area contributed by atoms with Crippen molar-refractivity contribution in [2.75, 3.05) is 0 Å². The number of hydrogen-bond acceptors (Lipinski definition) is 5. The van der Waals surface area contributed by atoms with Crippen LogP contribution in [0.15, 0.2) is 24.3 Å². The zero-order valence-corrected chi connectivity index (χ0v) is 13.3. The number of hydrogen-bond donors (Lipinski definition) is 3. The van der Waals surface area contributed by atoms with Gasteiger partial charge in [-0.05, 0) is 19.4 Å². The van der Waals surface area contributed by atoms with Crippen LogP contribution in [-0.4, -0.2) is 25.6 Å². The molecular weight excluding hydrogens is 314 g/mol. The lowest BCUT2D eigenvalue weighted by atomic mass is 10.1. The van der Waals surface area contributed by atoms with Crippen LogP contribution in [-0.2, 0) is 21.5 Å². The first-order chi connectivity index (χ1) is 9.69. The molecule has 7 nitrogen and oxygen atoms in total. The third-order valence-electron chi connectivity index (χ3n) is 2.27. The molecule has 4 N–H and O–H groups in total. The Labute approximate surface area is 129 Å². The molecule has 0 spiro atoms. The third kappa shape index (κ3) is 6.52. The van der Waals surface area contributed by atoms with Gasteiger partial charge in [0.15, 0.2) is 0 Å². The molecule has 1 aromatic rings. The van der Waals surface area contributed by atoms with E-state index in [1.165, 1.54) is 0 Å². The summed E-state index contributed by atoms with van der Waals surface area (Å²) >= 11 is 4.82. The molecule has 0 aliphatic heterocycles. The van der Waals surface area contributed by atoms with E-state index < -0.39 is 22.4 Å². The van der Waals surface area contributed by atoms with Crippen LogP contribution in [0.2, 0.25) is 0 Å². The Morgan fingerprint density at radius 2 is 1.90 bits per heavy atom. The van der Waals surface area contributed by atoms with Crippen LogP contribution < -0.4 is 15.2 Å². The van der Waals surface area contributed by atoms with E-state index in [-0.39, 0.29) is 11.5 Å². The summed E-state index contributed by atoms with van der Waals surface area (Å²) in [4.78, 5) is 11.5. The maximum Gasteiger partial charge on any atom is 0.422 e. The molecule has 1 rings (SSSR count). The molecule has 0 aliphatic carbocycles. The number of benzene rings is 1. The molecule has 0 fully saturated rings. The fourth-order valence-electron chi connectivity index (χ4n) is 1.35. The zero-order chi connectivity index (χ0) is 16.0. The summed E-state index contributed by atoms with van der Waals surface area (Å²) < 4.78 is 31.9. The summed E-state index contributed by atoms with van der Waals surface area (Å²) in [5.74, 6) is 0. The molecule has 0 radical (unpaired) electrons. The van der Waals surface area contributed by atoms with Crippen molar-refractivity contribution in [3.8, 4) is 0 Å². The minimum atomic E-state index is -3.98. The highest BCUT2D eigenvalue weighted by Gasteiger charge is 2.15. The average molecular weight is 331 g/mol. The summed E-state index contributed by atoms with van der Waals surface area (Å²) in [6.07, 6.45) is -1.44. The monoisotopic (exact) mass is 331 g/mol. The summed E-state index contributed by atoms with van der Waals surface area (Å²) in [5.41, 5.74) is 6.84. The molecule has 0 heterocycles. The predicted molar refractivity (Wildman–Crippen MR) is 82.8 cm³/mol. The second-order valence-corrected chi connectivity index (χ2v) is 6.38. The standard InChI is InChI=1S/C12H17N3O4S2/c1-8(2)19-12(16)15-21(17,18)14-7-9-3-5-10(6-4-9)11(13)20/h3-6,8,14H,7H2,1-2H3,(H2,13,20)(H,15,16). The lowest BCUT2D eigenvalue weighted by Crippen LogP contribution is -2.40. The number of nitrogens with two attached hydrogens (primary N) is 1. The fraction of sp³-hybridized carbons (Fsp3) is 0.333. The Kier molecular flexibility index (Phi) is 6.06. The Bertz CT molecular complexity index is 612. The van der Waals surface area contributed by atoms with Crippen LogP contribution in [0.1, 0.15) is 25.0 Å². The van der Waals surface area contributed by atoms with E-state index in [1.54, 1.807) is 42.8 Å². The molecule has 9 heteroatoms. The molecule has 0 saturated carbocycles. The third-order valence-corrected chi connectivity index (χ3v) is 3.46. The Hall–Kier alpha value is -1.71. The van der Waals surface area contributed by atoms with Gasteiger partial charge in [-0.1, -0.05) is 36.5 Å². The van der Waals surface area contributed by atoms with Gasteiger partial charge in [-0.3, -0.25) is 0 Å². The number of carbonyl (C=O) groups excluding carboxylic acids is 1. The quantitative estimate of drug-likeness (QED) is 0.665. The van der Waals surface area contributed by atoms with E-state index in [1.807, 2.05) is 0 Å².